The van der Waals surface area contributed by atoms with E-state index in [1.165, 1.54) is 17.3 Å². The predicted octanol–water partition coefficient (Wildman–Crippen LogP) is 4.64. The molecule has 0 bridgehead atoms. The van der Waals surface area contributed by atoms with E-state index in [-0.39, 0.29) is 5.91 Å². The maximum atomic E-state index is 12.6. The van der Waals surface area contributed by atoms with Crippen LogP contribution in [0.1, 0.15) is 11.1 Å². The summed E-state index contributed by atoms with van der Waals surface area (Å²) >= 11 is 1.49. The number of nitrogens with zero attached hydrogens (tertiary/aromatic N) is 3. The highest BCUT2D eigenvalue weighted by atomic mass is 32.2. The van der Waals surface area contributed by atoms with Gasteiger partial charge in [0.05, 0.1) is 12.0 Å². The first kappa shape index (κ1) is 20.8. The van der Waals surface area contributed by atoms with Crippen molar-refractivity contribution < 1.29 is 9.53 Å². The number of benzene rings is 3. The summed E-state index contributed by atoms with van der Waals surface area (Å²) in [7, 11) is 1.67. The smallest absolute Gasteiger partial charge is 0.286 e. The first-order chi connectivity index (χ1) is 15.7. The molecular formula is C26H25N3O2S. The van der Waals surface area contributed by atoms with Gasteiger partial charge in [0.1, 0.15) is 5.75 Å². The van der Waals surface area contributed by atoms with Gasteiger partial charge in [-0.25, -0.2) is 0 Å². The second-order valence-electron chi connectivity index (χ2n) is 8.03. The highest BCUT2D eigenvalue weighted by molar-refractivity contribution is 8.18. The summed E-state index contributed by atoms with van der Waals surface area (Å²) in [6.07, 6.45) is 1.94. The van der Waals surface area contributed by atoms with E-state index in [1.54, 1.807) is 7.11 Å². The zero-order valence-corrected chi connectivity index (χ0v) is 18.8. The molecule has 3 aromatic rings. The molecule has 0 N–H and O–H groups in total. The number of hydrogen-bond donors (Lipinski definition) is 0. The van der Waals surface area contributed by atoms with E-state index >= 15 is 0 Å². The molecule has 6 heteroatoms. The Morgan fingerprint density at radius 1 is 0.969 bits per heavy atom. The van der Waals surface area contributed by atoms with Crippen molar-refractivity contribution in [2.24, 2.45) is 4.99 Å². The number of thioether (sulfide) groups is 1. The average molecular weight is 444 g/mol. The molecule has 1 amide bonds. The van der Waals surface area contributed by atoms with Gasteiger partial charge in [0.25, 0.3) is 5.91 Å². The Morgan fingerprint density at radius 2 is 1.72 bits per heavy atom. The second-order valence-corrected chi connectivity index (χ2v) is 9.04. The van der Waals surface area contributed by atoms with Gasteiger partial charge in [-0.3, -0.25) is 9.69 Å². The van der Waals surface area contributed by atoms with Crippen molar-refractivity contribution >= 4 is 39.7 Å². The Labute approximate surface area is 192 Å². The normalized spacial score (nSPS) is 18.4. The fourth-order valence-corrected chi connectivity index (χ4v) is 5.05. The molecule has 0 radical (unpaired) electrons. The van der Waals surface area contributed by atoms with E-state index in [0.717, 1.165) is 60.0 Å². The predicted molar refractivity (Wildman–Crippen MR) is 132 cm³/mol. The number of amides is 1. The minimum absolute atomic E-state index is 0.147. The lowest BCUT2D eigenvalue weighted by Gasteiger charge is -2.35. The Kier molecular flexibility index (Phi) is 5.97. The summed E-state index contributed by atoms with van der Waals surface area (Å²) in [4.78, 5) is 22.3. The summed E-state index contributed by atoms with van der Waals surface area (Å²) in [5, 5.41) is 3.06. The van der Waals surface area contributed by atoms with Crippen molar-refractivity contribution in [2.75, 3.05) is 33.3 Å². The van der Waals surface area contributed by atoms with Gasteiger partial charge in [-0.15, -0.1) is 0 Å². The minimum atomic E-state index is -0.147. The number of fused-ring (bicyclic) bond motifs is 1. The van der Waals surface area contributed by atoms with E-state index in [0.29, 0.717) is 4.91 Å². The van der Waals surface area contributed by atoms with E-state index in [9.17, 15) is 4.79 Å². The number of carbonyl (C=O) groups excluding carboxylic acids is 1. The summed E-state index contributed by atoms with van der Waals surface area (Å²) in [5.74, 6) is 0.693. The molecule has 0 aliphatic carbocycles. The molecule has 2 aliphatic rings. The van der Waals surface area contributed by atoms with Gasteiger partial charge in [0.15, 0.2) is 5.17 Å². The van der Waals surface area contributed by atoms with Gasteiger partial charge in [0, 0.05) is 32.7 Å². The molecule has 32 heavy (non-hydrogen) atoms. The molecule has 0 saturated carbocycles. The van der Waals surface area contributed by atoms with E-state index in [1.807, 2.05) is 36.4 Å². The number of methoxy groups -OCH3 is 1. The molecule has 5 rings (SSSR count). The van der Waals surface area contributed by atoms with Gasteiger partial charge in [-0.1, -0.05) is 48.5 Å². The minimum Gasteiger partial charge on any atom is -0.497 e. The van der Waals surface area contributed by atoms with Gasteiger partial charge >= 0.3 is 0 Å². The number of piperazine rings is 1. The van der Waals surface area contributed by atoms with Crippen LogP contribution in [0, 0.1) is 0 Å². The van der Waals surface area contributed by atoms with E-state index < -0.39 is 0 Å². The van der Waals surface area contributed by atoms with E-state index in [4.69, 9.17) is 4.74 Å². The SMILES string of the molecule is COc1ccc2cc(C=C3SC(N4CCN(Cc5ccccc5)CC4)=NC3=O)ccc2c1. The van der Waals surface area contributed by atoms with Crippen LogP contribution in [-0.2, 0) is 11.3 Å². The number of carbonyl (C=O) groups is 1. The molecule has 2 heterocycles. The van der Waals surface area contributed by atoms with Crippen molar-refractivity contribution in [3.8, 4) is 5.75 Å². The maximum Gasteiger partial charge on any atom is 0.286 e. The number of hydrogen-bond acceptors (Lipinski definition) is 5. The number of ether oxygens (including phenoxy) is 1. The van der Waals surface area contributed by atoms with Crippen LogP contribution in [0.25, 0.3) is 16.8 Å². The Morgan fingerprint density at radius 3 is 2.50 bits per heavy atom. The third-order valence-electron chi connectivity index (χ3n) is 5.87. The molecule has 0 aromatic heterocycles. The van der Waals surface area contributed by atoms with Crippen LogP contribution in [0.3, 0.4) is 0 Å². The summed E-state index contributed by atoms with van der Waals surface area (Å²) < 4.78 is 5.30. The van der Waals surface area contributed by atoms with Crippen LogP contribution in [0.4, 0.5) is 0 Å². The van der Waals surface area contributed by atoms with Crippen LogP contribution in [0.15, 0.2) is 76.6 Å². The molecule has 0 atom stereocenters. The lowest BCUT2D eigenvalue weighted by molar-refractivity contribution is -0.113. The van der Waals surface area contributed by atoms with Crippen LogP contribution >= 0.6 is 11.8 Å². The molecule has 2 aliphatic heterocycles. The average Bonchev–Trinajstić information content (AvgIpc) is 3.20. The molecule has 162 valence electrons. The second kappa shape index (κ2) is 9.18. The molecule has 0 spiro atoms. The van der Waals surface area contributed by atoms with Crippen LogP contribution in [-0.4, -0.2) is 54.2 Å². The lowest BCUT2D eigenvalue weighted by atomic mass is 10.1. The highest BCUT2D eigenvalue weighted by Crippen LogP contribution is 2.31. The van der Waals surface area contributed by atoms with Crippen molar-refractivity contribution in [3.05, 3.63) is 82.8 Å². The van der Waals surface area contributed by atoms with Crippen LogP contribution in [0.5, 0.6) is 5.75 Å². The molecule has 0 unspecified atom stereocenters. The topological polar surface area (TPSA) is 45.1 Å². The Hall–Kier alpha value is -3.09. The molecule has 5 nitrogen and oxygen atoms in total. The highest BCUT2D eigenvalue weighted by Gasteiger charge is 2.28. The third kappa shape index (κ3) is 4.56. The summed E-state index contributed by atoms with van der Waals surface area (Å²) in [6, 6.07) is 22.7. The quantitative estimate of drug-likeness (QED) is 0.550. The van der Waals surface area contributed by atoms with Crippen molar-refractivity contribution in [3.63, 3.8) is 0 Å². The summed E-state index contributed by atoms with van der Waals surface area (Å²) in [5.41, 5.74) is 2.34. The van der Waals surface area contributed by atoms with Crippen LogP contribution in [0.2, 0.25) is 0 Å². The van der Waals surface area contributed by atoms with Crippen LogP contribution < -0.4 is 4.74 Å². The van der Waals surface area contributed by atoms with E-state index in [2.05, 4.69) is 51.2 Å². The lowest BCUT2D eigenvalue weighted by Crippen LogP contribution is -2.47. The maximum absolute atomic E-state index is 12.6. The van der Waals surface area contributed by atoms with Crippen molar-refractivity contribution in [1.29, 1.82) is 0 Å². The largest absolute Gasteiger partial charge is 0.497 e. The Balaban J connectivity index is 1.23. The third-order valence-corrected chi connectivity index (χ3v) is 6.91. The van der Waals surface area contributed by atoms with Gasteiger partial charge < -0.3 is 9.64 Å². The van der Waals surface area contributed by atoms with Gasteiger partial charge in [-0.05, 0) is 57.9 Å². The molecule has 1 saturated heterocycles. The Bertz CT molecular complexity index is 1200. The molecular weight excluding hydrogens is 418 g/mol. The number of amidine groups is 1. The zero-order valence-electron chi connectivity index (χ0n) is 18.0. The summed E-state index contributed by atoms with van der Waals surface area (Å²) in [6.45, 7) is 4.67. The molecule has 1 fully saturated rings. The van der Waals surface area contributed by atoms with Crippen molar-refractivity contribution in [2.45, 2.75) is 6.54 Å². The van der Waals surface area contributed by atoms with Gasteiger partial charge in [0.2, 0.25) is 0 Å². The first-order valence-electron chi connectivity index (χ1n) is 10.8. The van der Waals surface area contributed by atoms with Gasteiger partial charge in [-0.2, -0.15) is 4.99 Å². The fraction of sp³-hybridized carbons (Fsp3) is 0.231. The van der Waals surface area contributed by atoms with Crippen molar-refractivity contribution in [1.82, 2.24) is 9.80 Å². The standard InChI is InChI=1S/C26H25N3O2S/c1-31-23-10-9-21-15-20(7-8-22(21)17-23)16-24-25(30)27-26(32-24)29-13-11-28(12-14-29)18-19-5-3-2-4-6-19/h2-10,15-17H,11-14,18H2,1H3. The number of rotatable bonds is 4. The monoisotopic (exact) mass is 443 g/mol. The zero-order chi connectivity index (χ0) is 21.9. The molecule has 3 aromatic carbocycles. The first-order valence-corrected chi connectivity index (χ1v) is 11.6. The number of aliphatic imine (C=N–C) groups is 1. The fourth-order valence-electron chi connectivity index (χ4n) is 4.08.